The van der Waals surface area contributed by atoms with E-state index in [1.807, 2.05) is 11.0 Å². The second-order valence-electron chi connectivity index (χ2n) is 5.96. The van der Waals surface area contributed by atoms with Crippen molar-refractivity contribution in [3.8, 4) is 0 Å². The summed E-state index contributed by atoms with van der Waals surface area (Å²) in [5, 5.41) is 0. The summed E-state index contributed by atoms with van der Waals surface area (Å²) >= 11 is 0. The summed E-state index contributed by atoms with van der Waals surface area (Å²) in [6, 6.07) is 10.5. The molecule has 3 heteroatoms. The molecule has 0 bridgehead atoms. The summed E-state index contributed by atoms with van der Waals surface area (Å²) in [6.45, 7) is 1.57. The number of likely N-dealkylation sites (tertiary alicyclic amines) is 1. The Morgan fingerprint density at radius 2 is 1.95 bits per heavy atom. The van der Waals surface area contributed by atoms with E-state index in [1.54, 1.807) is 0 Å². The molecule has 2 fully saturated rings. The molecule has 1 aliphatic carbocycles. The van der Waals surface area contributed by atoms with Gasteiger partial charge in [0.15, 0.2) is 0 Å². The number of piperidine rings is 1. The van der Waals surface area contributed by atoms with Gasteiger partial charge in [-0.2, -0.15) is 0 Å². The van der Waals surface area contributed by atoms with Gasteiger partial charge in [0.1, 0.15) is 0 Å². The van der Waals surface area contributed by atoms with Crippen LogP contribution in [-0.4, -0.2) is 29.9 Å². The number of hydrogen-bond acceptors (Lipinski definition) is 2. The van der Waals surface area contributed by atoms with E-state index >= 15 is 0 Å². The molecule has 0 radical (unpaired) electrons. The molecule has 19 heavy (non-hydrogen) atoms. The SMILES string of the molecule is NC1CN(C(=O)CC2CC2)CCC1c1ccccc1. The van der Waals surface area contributed by atoms with Crippen molar-refractivity contribution >= 4 is 5.91 Å². The molecular formula is C16H22N2O. The normalized spacial score (nSPS) is 27.3. The Bertz CT molecular complexity index is 441. The summed E-state index contributed by atoms with van der Waals surface area (Å²) in [6.07, 6.45) is 4.20. The van der Waals surface area contributed by atoms with Crippen molar-refractivity contribution in [3.05, 3.63) is 35.9 Å². The maximum Gasteiger partial charge on any atom is 0.222 e. The summed E-state index contributed by atoms with van der Waals surface area (Å²) in [5.41, 5.74) is 7.60. The van der Waals surface area contributed by atoms with E-state index in [9.17, 15) is 4.79 Å². The molecule has 2 unspecified atom stereocenters. The molecule has 1 saturated heterocycles. The minimum absolute atomic E-state index is 0.0688. The van der Waals surface area contributed by atoms with Crippen molar-refractivity contribution in [2.75, 3.05) is 13.1 Å². The first-order valence-corrected chi connectivity index (χ1v) is 7.32. The Morgan fingerprint density at radius 3 is 2.58 bits per heavy atom. The zero-order valence-corrected chi connectivity index (χ0v) is 11.3. The smallest absolute Gasteiger partial charge is 0.222 e. The van der Waals surface area contributed by atoms with Crippen molar-refractivity contribution in [3.63, 3.8) is 0 Å². The quantitative estimate of drug-likeness (QED) is 0.902. The second kappa shape index (κ2) is 5.33. The van der Waals surface area contributed by atoms with E-state index < -0.39 is 0 Å². The molecular weight excluding hydrogens is 236 g/mol. The Labute approximate surface area is 114 Å². The lowest BCUT2D eigenvalue weighted by molar-refractivity contribution is -0.132. The van der Waals surface area contributed by atoms with Gasteiger partial charge in [-0.1, -0.05) is 30.3 Å². The summed E-state index contributed by atoms with van der Waals surface area (Å²) < 4.78 is 0. The van der Waals surface area contributed by atoms with E-state index in [4.69, 9.17) is 5.73 Å². The highest BCUT2D eigenvalue weighted by atomic mass is 16.2. The standard InChI is InChI=1S/C16H22N2O/c17-15-11-18(16(19)10-12-6-7-12)9-8-14(15)13-4-2-1-3-5-13/h1-5,12,14-15H,6-11,17H2. The fourth-order valence-electron chi connectivity index (χ4n) is 3.02. The van der Waals surface area contributed by atoms with Crippen LogP contribution in [0.4, 0.5) is 0 Å². The predicted octanol–water partition coefficient (Wildman–Crippen LogP) is 2.13. The number of carbonyl (C=O) groups excluding carboxylic acids is 1. The fraction of sp³-hybridized carbons (Fsp3) is 0.562. The first-order chi connectivity index (χ1) is 9.24. The first-order valence-electron chi connectivity index (χ1n) is 7.32. The number of benzene rings is 1. The van der Waals surface area contributed by atoms with Crippen LogP contribution < -0.4 is 5.73 Å². The number of nitrogens with zero attached hydrogens (tertiary/aromatic N) is 1. The number of amides is 1. The van der Waals surface area contributed by atoms with Gasteiger partial charge in [-0.3, -0.25) is 4.79 Å². The van der Waals surface area contributed by atoms with Crippen LogP contribution in [0.1, 0.15) is 37.2 Å². The van der Waals surface area contributed by atoms with Crippen LogP contribution in [-0.2, 0) is 4.79 Å². The number of carbonyl (C=O) groups is 1. The average Bonchev–Trinajstić information content (AvgIpc) is 3.23. The first kappa shape index (κ1) is 12.7. The second-order valence-corrected chi connectivity index (χ2v) is 5.96. The average molecular weight is 258 g/mol. The highest BCUT2D eigenvalue weighted by molar-refractivity contribution is 5.77. The topological polar surface area (TPSA) is 46.3 Å². The lowest BCUT2D eigenvalue weighted by Gasteiger charge is -2.37. The number of nitrogens with two attached hydrogens (primary N) is 1. The van der Waals surface area contributed by atoms with E-state index in [-0.39, 0.29) is 6.04 Å². The molecule has 1 aromatic carbocycles. The maximum atomic E-state index is 12.1. The molecule has 1 aromatic rings. The van der Waals surface area contributed by atoms with Crippen LogP contribution in [0.15, 0.2) is 30.3 Å². The largest absolute Gasteiger partial charge is 0.341 e. The van der Waals surface area contributed by atoms with Crippen molar-refractivity contribution in [2.24, 2.45) is 11.7 Å². The fourth-order valence-corrected chi connectivity index (χ4v) is 3.02. The van der Waals surface area contributed by atoms with E-state index in [0.29, 0.717) is 24.3 Å². The van der Waals surface area contributed by atoms with Crippen molar-refractivity contribution < 1.29 is 4.79 Å². The van der Waals surface area contributed by atoms with Crippen molar-refractivity contribution in [1.29, 1.82) is 0 Å². The monoisotopic (exact) mass is 258 g/mol. The molecule has 1 saturated carbocycles. The molecule has 102 valence electrons. The molecule has 0 spiro atoms. The highest BCUT2D eigenvalue weighted by Crippen LogP contribution is 2.34. The van der Waals surface area contributed by atoms with E-state index in [0.717, 1.165) is 19.4 Å². The van der Waals surface area contributed by atoms with E-state index in [1.165, 1.54) is 18.4 Å². The number of hydrogen-bond donors (Lipinski definition) is 1. The summed E-state index contributed by atoms with van der Waals surface area (Å²) in [4.78, 5) is 14.1. The van der Waals surface area contributed by atoms with Gasteiger partial charge in [-0.15, -0.1) is 0 Å². The van der Waals surface area contributed by atoms with Crippen LogP contribution in [0, 0.1) is 5.92 Å². The third kappa shape index (κ3) is 2.98. The van der Waals surface area contributed by atoms with Crippen LogP contribution in [0.5, 0.6) is 0 Å². The van der Waals surface area contributed by atoms with Gasteiger partial charge in [-0.25, -0.2) is 0 Å². The lowest BCUT2D eigenvalue weighted by atomic mass is 9.85. The molecule has 3 rings (SSSR count). The summed E-state index contributed by atoms with van der Waals surface area (Å²) in [7, 11) is 0. The van der Waals surface area contributed by atoms with Crippen LogP contribution >= 0.6 is 0 Å². The Morgan fingerprint density at radius 1 is 1.21 bits per heavy atom. The molecule has 2 atom stereocenters. The van der Waals surface area contributed by atoms with E-state index in [2.05, 4.69) is 24.3 Å². The minimum Gasteiger partial charge on any atom is -0.341 e. The van der Waals surface area contributed by atoms with Crippen molar-refractivity contribution in [2.45, 2.75) is 37.6 Å². The zero-order chi connectivity index (χ0) is 13.2. The van der Waals surface area contributed by atoms with Gasteiger partial charge in [0.25, 0.3) is 0 Å². The Kier molecular flexibility index (Phi) is 3.56. The predicted molar refractivity (Wildman–Crippen MR) is 75.7 cm³/mol. The third-order valence-corrected chi connectivity index (χ3v) is 4.40. The molecule has 2 aliphatic rings. The van der Waals surface area contributed by atoms with Gasteiger partial charge in [-0.05, 0) is 30.7 Å². The van der Waals surface area contributed by atoms with Crippen LogP contribution in [0.3, 0.4) is 0 Å². The Balaban J connectivity index is 1.60. The molecule has 1 heterocycles. The van der Waals surface area contributed by atoms with Crippen LogP contribution in [0.25, 0.3) is 0 Å². The molecule has 1 amide bonds. The minimum atomic E-state index is 0.0688. The lowest BCUT2D eigenvalue weighted by Crippen LogP contribution is -2.49. The zero-order valence-electron chi connectivity index (χ0n) is 11.3. The molecule has 2 N–H and O–H groups in total. The van der Waals surface area contributed by atoms with Gasteiger partial charge in [0.05, 0.1) is 0 Å². The van der Waals surface area contributed by atoms with Crippen molar-refractivity contribution in [1.82, 2.24) is 4.90 Å². The maximum absolute atomic E-state index is 12.1. The van der Waals surface area contributed by atoms with Gasteiger partial charge >= 0.3 is 0 Å². The van der Waals surface area contributed by atoms with Gasteiger partial charge in [0, 0.05) is 31.5 Å². The van der Waals surface area contributed by atoms with Gasteiger partial charge in [0.2, 0.25) is 5.91 Å². The Hall–Kier alpha value is -1.35. The molecule has 1 aliphatic heterocycles. The third-order valence-electron chi connectivity index (χ3n) is 4.40. The number of rotatable bonds is 3. The van der Waals surface area contributed by atoms with Crippen LogP contribution in [0.2, 0.25) is 0 Å². The van der Waals surface area contributed by atoms with Gasteiger partial charge < -0.3 is 10.6 Å². The molecule has 3 nitrogen and oxygen atoms in total. The molecule has 0 aromatic heterocycles. The summed E-state index contributed by atoms with van der Waals surface area (Å²) in [5.74, 6) is 1.37. The highest BCUT2D eigenvalue weighted by Gasteiger charge is 2.32.